The molecule has 0 aromatic heterocycles. The summed E-state index contributed by atoms with van der Waals surface area (Å²) in [6, 6.07) is 4.64. The lowest BCUT2D eigenvalue weighted by molar-refractivity contribution is 0.564. The van der Waals surface area contributed by atoms with Gasteiger partial charge in [-0.2, -0.15) is 0 Å². The zero-order valence-electron chi connectivity index (χ0n) is 6.36. The van der Waals surface area contributed by atoms with Gasteiger partial charge in [-0.25, -0.2) is 4.21 Å². The second kappa shape index (κ2) is 3.51. The Morgan fingerprint density at radius 2 is 2.25 bits per heavy atom. The highest BCUT2D eigenvalue weighted by atomic mass is 32.2. The lowest BCUT2D eigenvalue weighted by Gasteiger charge is -2.01. The van der Waals surface area contributed by atoms with Gasteiger partial charge in [0.2, 0.25) is 0 Å². The number of benzene rings is 1. The summed E-state index contributed by atoms with van der Waals surface area (Å²) >= 11 is -1.95. The zero-order chi connectivity index (χ0) is 9.14. The van der Waals surface area contributed by atoms with E-state index in [9.17, 15) is 4.21 Å². The quantitative estimate of drug-likeness (QED) is 0.539. The molecule has 0 saturated heterocycles. The molecule has 0 bridgehead atoms. The van der Waals surface area contributed by atoms with Gasteiger partial charge in [0.05, 0.1) is 4.90 Å². The normalized spacial score (nSPS) is 12.4. The lowest BCUT2D eigenvalue weighted by Crippen LogP contribution is -1.93. The molecule has 0 spiro atoms. The van der Waals surface area contributed by atoms with E-state index in [2.05, 4.69) is 6.58 Å². The third-order valence-electron chi connectivity index (χ3n) is 1.48. The maximum Gasteiger partial charge on any atom is 0.186 e. The number of nitrogen functional groups attached to an aromatic ring is 1. The summed E-state index contributed by atoms with van der Waals surface area (Å²) in [4.78, 5) is 0.333. The fraction of sp³-hybridized carbons (Fsp3) is 0. The molecule has 3 nitrogen and oxygen atoms in total. The molecule has 0 aliphatic carbocycles. The van der Waals surface area contributed by atoms with Crippen LogP contribution in [0.3, 0.4) is 0 Å². The van der Waals surface area contributed by atoms with Crippen molar-refractivity contribution >= 4 is 22.8 Å². The van der Waals surface area contributed by atoms with Crippen LogP contribution in [0.4, 0.5) is 5.69 Å². The largest absolute Gasteiger partial charge is 0.398 e. The van der Waals surface area contributed by atoms with E-state index in [1.165, 1.54) is 6.07 Å². The van der Waals surface area contributed by atoms with Gasteiger partial charge in [0, 0.05) is 5.69 Å². The van der Waals surface area contributed by atoms with Crippen LogP contribution in [-0.2, 0) is 11.1 Å². The van der Waals surface area contributed by atoms with Crippen LogP contribution < -0.4 is 5.73 Å². The molecule has 1 unspecified atom stereocenters. The van der Waals surface area contributed by atoms with Crippen LogP contribution in [0.2, 0.25) is 0 Å². The summed E-state index contributed by atoms with van der Waals surface area (Å²) in [6.45, 7) is 3.53. The van der Waals surface area contributed by atoms with E-state index in [1.54, 1.807) is 18.2 Å². The minimum atomic E-state index is -1.95. The van der Waals surface area contributed by atoms with Gasteiger partial charge < -0.3 is 10.3 Å². The van der Waals surface area contributed by atoms with Crippen molar-refractivity contribution in [2.24, 2.45) is 0 Å². The minimum Gasteiger partial charge on any atom is -0.398 e. The highest BCUT2D eigenvalue weighted by Gasteiger charge is 2.01. The maximum absolute atomic E-state index is 10.6. The predicted molar refractivity (Wildman–Crippen MR) is 50.0 cm³/mol. The van der Waals surface area contributed by atoms with Crippen molar-refractivity contribution in [2.75, 3.05) is 5.73 Å². The van der Waals surface area contributed by atoms with Gasteiger partial charge in [-0.15, -0.1) is 0 Å². The third-order valence-corrected chi connectivity index (χ3v) is 2.14. The monoisotopic (exact) mass is 183 g/mol. The smallest absolute Gasteiger partial charge is 0.186 e. The Morgan fingerprint density at radius 3 is 2.75 bits per heavy atom. The Bertz CT molecular complexity index is 336. The zero-order valence-corrected chi connectivity index (χ0v) is 7.17. The van der Waals surface area contributed by atoms with Gasteiger partial charge in [-0.1, -0.05) is 12.7 Å². The van der Waals surface area contributed by atoms with Gasteiger partial charge in [0.15, 0.2) is 11.1 Å². The molecule has 1 rings (SSSR count). The Hall–Kier alpha value is -1.13. The van der Waals surface area contributed by atoms with E-state index in [4.69, 9.17) is 10.3 Å². The van der Waals surface area contributed by atoms with Crippen molar-refractivity contribution in [1.82, 2.24) is 0 Å². The van der Waals surface area contributed by atoms with E-state index in [0.29, 0.717) is 16.1 Å². The average molecular weight is 183 g/mol. The Morgan fingerprint density at radius 1 is 1.58 bits per heavy atom. The summed E-state index contributed by atoms with van der Waals surface area (Å²) in [5, 5.41) is 0. The summed E-state index contributed by atoms with van der Waals surface area (Å²) in [7, 11) is 0. The maximum atomic E-state index is 10.6. The molecule has 1 atom stereocenters. The molecule has 1 aromatic rings. The van der Waals surface area contributed by atoms with Crippen LogP contribution in [0.25, 0.3) is 6.08 Å². The number of rotatable bonds is 2. The van der Waals surface area contributed by atoms with Crippen LogP contribution in [0.5, 0.6) is 0 Å². The molecular weight excluding hydrogens is 174 g/mol. The fourth-order valence-electron chi connectivity index (χ4n) is 0.838. The summed E-state index contributed by atoms with van der Waals surface area (Å²) in [6.07, 6.45) is 1.55. The van der Waals surface area contributed by atoms with Crippen LogP contribution >= 0.6 is 0 Å². The van der Waals surface area contributed by atoms with E-state index in [-0.39, 0.29) is 0 Å². The molecule has 64 valence electrons. The van der Waals surface area contributed by atoms with Crippen molar-refractivity contribution in [3.05, 3.63) is 30.3 Å². The second-order valence-corrected chi connectivity index (χ2v) is 3.21. The topological polar surface area (TPSA) is 63.3 Å². The minimum absolute atomic E-state index is 0.333. The van der Waals surface area contributed by atoms with Crippen molar-refractivity contribution < 1.29 is 8.76 Å². The molecule has 0 fully saturated rings. The SMILES string of the molecule is C=Cc1cc(S(=O)O)ccc1N. The predicted octanol–water partition coefficient (Wildman–Crippen LogP) is 1.49. The number of anilines is 1. The molecule has 0 aliphatic rings. The van der Waals surface area contributed by atoms with Crippen molar-refractivity contribution in [3.8, 4) is 0 Å². The van der Waals surface area contributed by atoms with Gasteiger partial charge in [-0.05, 0) is 23.8 Å². The molecule has 0 aliphatic heterocycles. The number of nitrogens with two attached hydrogens (primary N) is 1. The Labute approximate surface area is 73.2 Å². The van der Waals surface area contributed by atoms with E-state index in [1.807, 2.05) is 0 Å². The van der Waals surface area contributed by atoms with Gasteiger partial charge in [0.25, 0.3) is 0 Å². The molecular formula is C8H9NO2S. The Balaban J connectivity index is 3.22. The average Bonchev–Trinajstić information content (AvgIpc) is 2.05. The summed E-state index contributed by atoms with van der Waals surface area (Å²) in [5.74, 6) is 0. The van der Waals surface area contributed by atoms with Crippen molar-refractivity contribution in [3.63, 3.8) is 0 Å². The van der Waals surface area contributed by atoms with Crippen LogP contribution in [0, 0.1) is 0 Å². The lowest BCUT2D eigenvalue weighted by atomic mass is 10.2. The number of hydrogen-bond acceptors (Lipinski definition) is 2. The van der Waals surface area contributed by atoms with E-state index in [0.717, 1.165) is 0 Å². The first-order valence-corrected chi connectivity index (χ1v) is 4.38. The van der Waals surface area contributed by atoms with Crippen molar-refractivity contribution in [1.29, 1.82) is 0 Å². The summed E-state index contributed by atoms with van der Waals surface area (Å²) in [5.41, 5.74) is 6.78. The molecule has 4 heteroatoms. The summed E-state index contributed by atoms with van der Waals surface area (Å²) < 4.78 is 19.3. The molecule has 0 radical (unpaired) electrons. The molecule has 12 heavy (non-hydrogen) atoms. The first-order valence-electron chi connectivity index (χ1n) is 3.28. The third kappa shape index (κ3) is 1.72. The van der Waals surface area contributed by atoms with Crippen LogP contribution in [0.1, 0.15) is 5.56 Å². The molecule has 0 heterocycles. The van der Waals surface area contributed by atoms with Crippen LogP contribution in [0.15, 0.2) is 29.7 Å². The van der Waals surface area contributed by atoms with Gasteiger partial charge in [0.1, 0.15) is 0 Å². The number of hydrogen-bond donors (Lipinski definition) is 2. The van der Waals surface area contributed by atoms with E-state index < -0.39 is 11.1 Å². The molecule has 3 N–H and O–H groups in total. The first kappa shape index (κ1) is 8.96. The van der Waals surface area contributed by atoms with Gasteiger partial charge >= 0.3 is 0 Å². The second-order valence-electron chi connectivity index (χ2n) is 2.24. The molecule has 1 aromatic carbocycles. The molecule has 0 saturated carbocycles. The first-order chi connectivity index (χ1) is 5.65. The fourth-order valence-corrected chi connectivity index (χ4v) is 1.25. The Kier molecular flexibility index (Phi) is 2.62. The highest BCUT2D eigenvalue weighted by molar-refractivity contribution is 7.79. The standard InChI is InChI=1S/C8H9NO2S/c1-2-6-5-7(12(10)11)3-4-8(6)9/h2-5H,1,9H2,(H,10,11). The van der Waals surface area contributed by atoms with Gasteiger partial charge in [-0.3, -0.25) is 0 Å². The van der Waals surface area contributed by atoms with E-state index >= 15 is 0 Å². The highest BCUT2D eigenvalue weighted by Crippen LogP contribution is 2.16. The van der Waals surface area contributed by atoms with Crippen LogP contribution in [-0.4, -0.2) is 8.76 Å². The molecule has 0 amide bonds. The van der Waals surface area contributed by atoms with Crippen molar-refractivity contribution in [2.45, 2.75) is 4.90 Å².